The Morgan fingerprint density at radius 1 is 1.20 bits per heavy atom. The second-order valence-corrected chi connectivity index (χ2v) is 7.58. The third-order valence-electron chi connectivity index (χ3n) is 4.75. The molecule has 1 heterocycles. The normalized spacial score (nSPS) is 18.3. The number of amides is 2. The molecule has 2 amide bonds. The number of piperidine rings is 1. The Kier molecular flexibility index (Phi) is 5.61. The Morgan fingerprint density at radius 2 is 1.92 bits per heavy atom. The highest BCUT2D eigenvalue weighted by Gasteiger charge is 2.35. The average Bonchev–Trinajstić information content (AvgIpc) is 3.45. The van der Waals surface area contributed by atoms with Gasteiger partial charge in [-0.25, -0.2) is 0 Å². The van der Waals surface area contributed by atoms with Gasteiger partial charge in [0.25, 0.3) is 5.91 Å². The van der Waals surface area contributed by atoms with Crippen LogP contribution in [0.1, 0.15) is 49.9 Å². The molecule has 0 bridgehead atoms. The van der Waals surface area contributed by atoms with Crippen LogP contribution < -0.4 is 10.1 Å². The van der Waals surface area contributed by atoms with Crippen molar-refractivity contribution in [2.24, 2.45) is 11.8 Å². The minimum absolute atomic E-state index is 0.0676. The van der Waals surface area contributed by atoms with E-state index >= 15 is 0 Å². The summed E-state index contributed by atoms with van der Waals surface area (Å²) in [5.41, 5.74) is 0.623. The molecule has 1 N–H and O–H groups in total. The molecule has 136 valence electrons. The highest BCUT2D eigenvalue weighted by molar-refractivity contribution is 5.94. The lowest BCUT2D eigenvalue weighted by Gasteiger charge is -2.32. The van der Waals surface area contributed by atoms with Crippen molar-refractivity contribution >= 4 is 11.8 Å². The summed E-state index contributed by atoms with van der Waals surface area (Å²) in [6, 6.07) is 7.46. The summed E-state index contributed by atoms with van der Waals surface area (Å²) in [6.45, 7) is 6.32. The molecule has 1 aliphatic carbocycles. The molecule has 0 atom stereocenters. The van der Waals surface area contributed by atoms with E-state index < -0.39 is 0 Å². The van der Waals surface area contributed by atoms with Crippen LogP contribution in [-0.4, -0.2) is 42.5 Å². The van der Waals surface area contributed by atoms with Crippen LogP contribution in [0.25, 0.3) is 0 Å². The van der Waals surface area contributed by atoms with Crippen LogP contribution in [0, 0.1) is 11.8 Å². The number of hydrogen-bond donors (Lipinski definition) is 1. The number of likely N-dealkylation sites (tertiary alicyclic amines) is 1. The average molecular weight is 344 g/mol. The highest BCUT2D eigenvalue weighted by Crippen LogP contribution is 2.31. The first-order valence-electron chi connectivity index (χ1n) is 9.35. The van der Waals surface area contributed by atoms with Crippen molar-refractivity contribution in [2.75, 3.05) is 19.7 Å². The largest absolute Gasteiger partial charge is 0.493 e. The van der Waals surface area contributed by atoms with Gasteiger partial charge in [0, 0.05) is 30.6 Å². The van der Waals surface area contributed by atoms with Crippen LogP contribution >= 0.6 is 0 Å². The topological polar surface area (TPSA) is 58.6 Å². The number of ether oxygens (including phenoxy) is 1. The van der Waals surface area contributed by atoms with E-state index in [1.807, 2.05) is 23.1 Å². The van der Waals surface area contributed by atoms with E-state index in [-0.39, 0.29) is 17.9 Å². The zero-order valence-electron chi connectivity index (χ0n) is 15.2. The van der Waals surface area contributed by atoms with Crippen molar-refractivity contribution in [1.29, 1.82) is 0 Å². The van der Waals surface area contributed by atoms with Crippen molar-refractivity contribution in [1.82, 2.24) is 10.2 Å². The third-order valence-corrected chi connectivity index (χ3v) is 4.75. The van der Waals surface area contributed by atoms with Crippen molar-refractivity contribution in [2.45, 2.75) is 45.6 Å². The zero-order valence-corrected chi connectivity index (χ0v) is 15.2. The Bertz CT molecular complexity index is 617. The Labute approximate surface area is 149 Å². The molecule has 0 aromatic heterocycles. The SMILES string of the molecule is CC(C)COc1cccc(C(=O)NC2CCN(C(=O)C3CC3)CC2)c1. The van der Waals surface area contributed by atoms with Gasteiger partial charge in [0.1, 0.15) is 5.75 Å². The standard InChI is InChI=1S/C20H28N2O3/c1-14(2)13-25-18-5-3-4-16(12-18)19(23)21-17-8-10-22(11-9-17)20(24)15-6-7-15/h3-5,12,14-15,17H,6-11,13H2,1-2H3,(H,21,23). The second kappa shape index (κ2) is 7.89. The first-order valence-corrected chi connectivity index (χ1v) is 9.35. The molecule has 1 aliphatic heterocycles. The molecule has 3 rings (SSSR count). The Morgan fingerprint density at radius 3 is 2.56 bits per heavy atom. The summed E-state index contributed by atoms with van der Waals surface area (Å²) in [4.78, 5) is 26.5. The van der Waals surface area contributed by atoms with E-state index in [0.717, 1.165) is 44.5 Å². The quantitative estimate of drug-likeness (QED) is 0.863. The maximum absolute atomic E-state index is 12.5. The number of rotatable bonds is 6. The van der Waals surface area contributed by atoms with E-state index in [9.17, 15) is 9.59 Å². The van der Waals surface area contributed by atoms with E-state index in [0.29, 0.717) is 24.0 Å². The summed E-state index contributed by atoms with van der Waals surface area (Å²) in [6.07, 6.45) is 3.75. The lowest BCUT2D eigenvalue weighted by atomic mass is 10.0. The van der Waals surface area contributed by atoms with E-state index in [1.165, 1.54) is 0 Å². The number of carbonyl (C=O) groups is 2. The molecule has 25 heavy (non-hydrogen) atoms. The highest BCUT2D eigenvalue weighted by atomic mass is 16.5. The molecule has 2 aliphatic rings. The Hall–Kier alpha value is -2.04. The molecule has 1 saturated carbocycles. The van der Waals surface area contributed by atoms with Crippen molar-refractivity contribution in [3.63, 3.8) is 0 Å². The zero-order chi connectivity index (χ0) is 17.8. The second-order valence-electron chi connectivity index (χ2n) is 7.58. The molecule has 1 saturated heterocycles. The summed E-state index contributed by atoms with van der Waals surface area (Å²) < 4.78 is 5.69. The van der Waals surface area contributed by atoms with Gasteiger partial charge in [-0.1, -0.05) is 19.9 Å². The molecule has 0 spiro atoms. The maximum Gasteiger partial charge on any atom is 0.251 e. The van der Waals surface area contributed by atoms with E-state index in [2.05, 4.69) is 19.2 Å². The predicted octanol–water partition coefficient (Wildman–Crippen LogP) is 2.85. The number of benzene rings is 1. The fraction of sp³-hybridized carbons (Fsp3) is 0.600. The van der Waals surface area contributed by atoms with Crippen LogP contribution in [0.3, 0.4) is 0 Å². The lowest BCUT2D eigenvalue weighted by molar-refractivity contribution is -0.133. The van der Waals surface area contributed by atoms with Crippen molar-refractivity contribution in [3.05, 3.63) is 29.8 Å². The van der Waals surface area contributed by atoms with Gasteiger partial charge in [-0.15, -0.1) is 0 Å². The van der Waals surface area contributed by atoms with E-state index in [1.54, 1.807) is 6.07 Å². The summed E-state index contributed by atoms with van der Waals surface area (Å²) in [5.74, 6) is 1.69. The van der Waals surface area contributed by atoms with Gasteiger partial charge < -0.3 is 15.0 Å². The molecule has 2 fully saturated rings. The molecular weight excluding hydrogens is 316 g/mol. The van der Waals surface area contributed by atoms with Crippen LogP contribution in [0.4, 0.5) is 0 Å². The molecule has 5 nitrogen and oxygen atoms in total. The van der Waals surface area contributed by atoms with Crippen LogP contribution in [0.15, 0.2) is 24.3 Å². The molecule has 0 unspecified atom stereocenters. The van der Waals surface area contributed by atoms with Gasteiger partial charge in [0.05, 0.1) is 6.61 Å². The fourth-order valence-electron chi connectivity index (χ4n) is 3.09. The monoisotopic (exact) mass is 344 g/mol. The van der Waals surface area contributed by atoms with Gasteiger partial charge >= 0.3 is 0 Å². The smallest absolute Gasteiger partial charge is 0.251 e. The van der Waals surface area contributed by atoms with Crippen LogP contribution in [0.2, 0.25) is 0 Å². The lowest BCUT2D eigenvalue weighted by Crippen LogP contribution is -2.47. The van der Waals surface area contributed by atoms with Crippen molar-refractivity contribution < 1.29 is 14.3 Å². The minimum atomic E-state index is -0.0676. The summed E-state index contributed by atoms with van der Waals surface area (Å²) in [5, 5.41) is 3.10. The number of carbonyl (C=O) groups excluding carboxylic acids is 2. The van der Waals surface area contributed by atoms with Gasteiger partial charge in [0.2, 0.25) is 5.91 Å². The third kappa shape index (κ3) is 4.97. The molecule has 5 heteroatoms. The van der Waals surface area contributed by atoms with Gasteiger partial charge in [-0.2, -0.15) is 0 Å². The van der Waals surface area contributed by atoms with Crippen LogP contribution in [-0.2, 0) is 4.79 Å². The number of nitrogens with one attached hydrogen (secondary N) is 1. The van der Waals surface area contributed by atoms with Gasteiger partial charge in [-0.05, 0) is 49.8 Å². The molecule has 1 aromatic rings. The minimum Gasteiger partial charge on any atom is -0.493 e. The molecule has 1 aromatic carbocycles. The summed E-state index contributed by atoms with van der Waals surface area (Å²) >= 11 is 0. The van der Waals surface area contributed by atoms with Crippen molar-refractivity contribution in [3.8, 4) is 5.75 Å². The summed E-state index contributed by atoms with van der Waals surface area (Å²) in [7, 11) is 0. The first-order chi connectivity index (χ1) is 12.0. The fourth-order valence-corrected chi connectivity index (χ4v) is 3.09. The maximum atomic E-state index is 12.5. The number of hydrogen-bond acceptors (Lipinski definition) is 3. The predicted molar refractivity (Wildman–Crippen MR) is 96.6 cm³/mol. The first kappa shape index (κ1) is 17.8. The van der Waals surface area contributed by atoms with Gasteiger partial charge in [0.15, 0.2) is 0 Å². The molecular formula is C20H28N2O3. The Balaban J connectivity index is 1.49. The van der Waals surface area contributed by atoms with Crippen LogP contribution in [0.5, 0.6) is 5.75 Å². The van der Waals surface area contributed by atoms with E-state index in [4.69, 9.17) is 4.74 Å². The number of nitrogens with zero attached hydrogens (tertiary/aromatic N) is 1. The molecule has 0 radical (unpaired) electrons. The van der Waals surface area contributed by atoms with Gasteiger partial charge in [-0.3, -0.25) is 9.59 Å².